The van der Waals surface area contributed by atoms with Crippen molar-refractivity contribution >= 4 is 0 Å². The second kappa shape index (κ2) is 3.88. The molecule has 0 aromatic carbocycles. The van der Waals surface area contributed by atoms with E-state index < -0.39 is 0 Å². The molecule has 0 unspecified atom stereocenters. The van der Waals surface area contributed by atoms with Gasteiger partial charge in [0.2, 0.25) is 0 Å². The third-order valence-electron chi connectivity index (χ3n) is 2.53. The highest BCUT2D eigenvalue weighted by Gasteiger charge is 2.08. The molecular formula is C11H16N2. The average molecular weight is 176 g/mol. The Morgan fingerprint density at radius 3 is 3.23 bits per heavy atom. The number of pyridine rings is 1. The lowest BCUT2D eigenvalue weighted by atomic mass is 10.0. The molecule has 2 rings (SSSR count). The zero-order valence-corrected chi connectivity index (χ0v) is 8.14. The van der Waals surface area contributed by atoms with Crippen LogP contribution in [0.2, 0.25) is 0 Å². The zero-order valence-electron chi connectivity index (χ0n) is 8.14. The molecule has 0 radical (unpaired) electrons. The smallest absolute Gasteiger partial charge is 0.0406 e. The minimum Gasteiger partial charge on any atom is -0.312 e. The Kier molecular flexibility index (Phi) is 2.60. The minimum absolute atomic E-state index is 0.995. The minimum atomic E-state index is 0.995. The SMILES string of the molecule is CCCc1cc2c(cn1)CNCC2. The van der Waals surface area contributed by atoms with Crippen molar-refractivity contribution in [3.8, 4) is 0 Å². The molecule has 0 bridgehead atoms. The van der Waals surface area contributed by atoms with E-state index in [9.17, 15) is 0 Å². The molecule has 13 heavy (non-hydrogen) atoms. The molecule has 1 aromatic rings. The molecule has 0 amide bonds. The van der Waals surface area contributed by atoms with E-state index in [2.05, 4.69) is 23.3 Å². The van der Waals surface area contributed by atoms with E-state index in [1.165, 1.54) is 23.2 Å². The van der Waals surface area contributed by atoms with Crippen molar-refractivity contribution in [2.75, 3.05) is 6.54 Å². The van der Waals surface area contributed by atoms with E-state index in [1.807, 2.05) is 6.20 Å². The molecule has 2 nitrogen and oxygen atoms in total. The molecule has 0 saturated heterocycles. The summed E-state index contributed by atoms with van der Waals surface area (Å²) in [6.45, 7) is 4.31. The van der Waals surface area contributed by atoms with Gasteiger partial charge in [-0.2, -0.15) is 0 Å². The second-order valence-corrected chi connectivity index (χ2v) is 3.62. The fraction of sp³-hybridized carbons (Fsp3) is 0.545. The van der Waals surface area contributed by atoms with Crippen LogP contribution in [0.15, 0.2) is 12.3 Å². The van der Waals surface area contributed by atoms with Crippen LogP contribution in [-0.2, 0) is 19.4 Å². The number of fused-ring (bicyclic) bond motifs is 1. The summed E-state index contributed by atoms with van der Waals surface area (Å²) in [5, 5.41) is 3.35. The number of hydrogen-bond donors (Lipinski definition) is 1. The lowest BCUT2D eigenvalue weighted by Gasteiger charge is -2.16. The van der Waals surface area contributed by atoms with Gasteiger partial charge in [-0.05, 0) is 36.6 Å². The average Bonchev–Trinajstić information content (AvgIpc) is 2.18. The van der Waals surface area contributed by atoms with E-state index in [0.29, 0.717) is 0 Å². The summed E-state index contributed by atoms with van der Waals surface area (Å²) in [5.74, 6) is 0. The van der Waals surface area contributed by atoms with Crippen LogP contribution in [0.25, 0.3) is 0 Å². The largest absolute Gasteiger partial charge is 0.312 e. The van der Waals surface area contributed by atoms with E-state index in [1.54, 1.807) is 0 Å². The topological polar surface area (TPSA) is 24.9 Å². The fourth-order valence-corrected chi connectivity index (χ4v) is 1.81. The molecule has 0 aliphatic carbocycles. The molecule has 1 aliphatic rings. The lowest BCUT2D eigenvalue weighted by molar-refractivity contribution is 0.638. The molecule has 0 spiro atoms. The zero-order chi connectivity index (χ0) is 9.10. The number of hydrogen-bond acceptors (Lipinski definition) is 2. The van der Waals surface area contributed by atoms with Gasteiger partial charge in [-0.25, -0.2) is 0 Å². The lowest BCUT2D eigenvalue weighted by Crippen LogP contribution is -2.23. The highest BCUT2D eigenvalue weighted by Crippen LogP contribution is 2.14. The molecule has 2 heteroatoms. The molecule has 0 fully saturated rings. The van der Waals surface area contributed by atoms with Gasteiger partial charge in [-0.1, -0.05) is 13.3 Å². The van der Waals surface area contributed by atoms with Crippen molar-refractivity contribution in [2.45, 2.75) is 32.7 Å². The highest BCUT2D eigenvalue weighted by atomic mass is 14.9. The van der Waals surface area contributed by atoms with Gasteiger partial charge in [-0.3, -0.25) is 4.98 Å². The van der Waals surface area contributed by atoms with Crippen LogP contribution in [0.1, 0.15) is 30.2 Å². The first kappa shape index (κ1) is 8.70. The van der Waals surface area contributed by atoms with Crippen LogP contribution in [0.4, 0.5) is 0 Å². The highest BCUT2D eigenvalue weighted by molar-refractivity contribution is 5.28. The summed E-state index contributed by atoms with van der Waals surface area (Å²) >= 11 is 0. The fourth-order valence-electron chi connectivity index (χ4n) is 1.81. The predicted octanol–water partition coefficient (Wildman–Crippen LogP) is 1.68. The molecule has 1 aliphatic heterocycles. The van der Waals surface area contributed by atoms with Crippen molar-refractivity contribution in [3.05, 3.63) is 29.1 Å². The van der Waals surface area contributed by atoms with Crippen LogP contribution >= 0.6 is 0 Å². The van der Waals surface area contributed by atoms with Gasteiger partial charge in [0.25, 0.3) is 0 Å². The van der Waals surface area contributed by atoms with Crippen LogP contribution < -0.4 is 5.32 Å². The quantitative estimate of drug-likeness (QED) is 0.741. The number of aromatic nitrogens is 1. The number of nitrogens with zero attached hydrogens (tertiary/aromatic N) is 1. The third-order valence-corrected chi connectivity index (χ3v) is 2.53. The van der Waals surface area contributed by atoms with E-state index in [0.717, 1.165) is 25.9 Å². The van der Waals surface area contributed by atoms with E-state index >= 15 is 0 Å². The Labute approximate surface area is 79.4 Å². The predicted molar refractivity (Wildman–Crippen MR) is 53.6 cm³/mol. The molecule has 1 N–H and O–H groups in total. The first-order valence-electron chi connectivity index (χ1n) is 5.07. The Morgan fingerprint density at radius 2 is 2.38 bits per heavy atom. The van der Waals surface area contributed by atoms with Crippen molar-refractivity contribution in [3.63, 3.8) is 0 Å². The Bertz CT molecular complexity index is 294. The van der Waals surface area contributed by atoms with Gasteiger partial charge in [0.15, 0.2) is 0 Å². The summed E-state index contributed by atoms with van der Waals surface area (Å²) in [7, 11) is 0. The Balaban J connectivity index is 2.24. The van der Waals surface area contributed by atoms with Crippen LogP contribution in [0.5, 0.6) is 0 Å². The van der Waals surface area contributed by atoms with Gasteiger partial charge in [0, 0.05) is 18.4 Å². The first-order chi connectivity index (χ1) is 6.40. The second-order valence-electron chi connectivity index (χ2n) is 3.62. The molecule has 0 saturated carbocycles. The van der Waals surface area contributed by atoms with Gasteiger partial charge in [-0.15, -0.1) is 0 Å². The van der Waals surface area contributed by atoms with Gasteiger partial charge in [0.1, 0.15) is 0 Å². The van der Waals surface area contributed by atoms with Crippen LogP contribution in [0.3, 0.4) is 0 Å². The maximum Gasteiger partial charge on any atom is 0.0406 e. The molecular weight excluding hydrogens is 160 g/mol. The third kappa shape index (κ3) is 1.89. The Morgan fingerprint density at radius 1 is 1.46 bits per heavy atom. The number of nitrogens with one attached hydrogen (secondary N) is 1. The number of aryl methyl sites for hydroxylation is 1. The van der Waals surface area contributed by atoms with Gasteiger partial charge < -0.3 is 5.32 Å². The van der Waals surface area contributed by atoms with Gasteiger partial charge >= 0.3 is 0 Å². The first-order valence-corrected chi connectivity index (χ1v) is 5.07. The van der Waals surface area contributed by atoms with Crippen molar-refractivity contribution in [1.29, 1.82) is 0 Å². The van der Waals surface area contributed by atoms with Crippen molar-refractivity contribution in [2.24, 2.45) is 0 Å². The summed E-state index contributed by atoms with van der Waals surface area (Å²) in [6.07, 6.45) is 5.49. The van der Waals surface area contributed by atoms with Crippen molar-refractivity contribution < 1.29 is 0 Å². The summed E-state index contributed by atoms with van der Waals surface area (Å²) < 4.78 is 0. The van der Waals surface area contributed by atoms with Gasteiger partial charge in [0.05, 0.1) is 0 Å². The van der Waals surface area contributed by atoms with Crippen LogP contribution in [-0.4, -0.2) is 11.5 Å². The normalized spacial score (nSPS) is 15.5. The van der Waals surface area contributed by atoms with Crippen LogP contribution in [0, 0.1) is 0 Å². The summed E-state index contributed by atoms with van der Waals surface area (Å²) in [4.78, 5) is 4.44. The summed E-state index contributed by atoms with van der Waals surface area (Å²) in [6, 6.07) is 2.28. The Hall–Kier alpha value is -0.890. The molecule has 70 valence electrons. The van der Waals surface area contributed by atoms with E-state index in [4.69, 9.17) is 0 Å². The number of rotatable bonds is 2. The standard InChI is InChI=1S/C11H16N2/c1-2-3-11-6-9-4-5-12-7-10(9)8-13-11/h6,8,12H,2-5,7H2,1H3. The van der Waals surface area contributed by atoms with Crippen molar-refractivity contribution in [1.82, 2.24) is 10.3 Å². The maximum atomic E-state index is 4.44. The van der Waals surface area contributed by atoms with E-state index in [-0.39, 0.29) is 0 Å². The molecule has 0 atom stereocenters. The molecule has 1 aromatic heterocycles. The molecule has 2 heterocycles. The maximum absolute atomic E-state index is 4.44. The monoisotopic (exact) mass is 176 g/mol. The summed E-state index contributed by atoms with van der Waals surface area (Å²) in [5.41, 5.74) is 4.13.